The predicted molar refractivity (Wildman–Crippen MR) is 67.1 cm³/mol. The van der Waals surface area contributed by atoms with E-state index in [0.29, 0.717) is 6.54 Å². The second-order valence-corrected chi connectivity index (χ2v) is 4.32. The van der Waals surface area contributed by atoms with Crippen molar-refractivity contribution in [2.45, 2.75) is 52.0 Å². The van der Waals surface area contributed by atoms with Gasteiger partial charge in [0.25, 0.3) is 5.56 Å². The molecule has 0 bridgehead atoms. The first-order chi connectivity index (χ1) is 8.16. The van der Waals surface area contributed by atoms with E-state index in [9.17, 15) is 9.59 Å². The van der Waals surface area contributed by atoms with Crippen molar-refractivity contribution in [1.29, 1.82) is 0 Å². The maximum Gasteiger partial charge on any atom is 0.347 e. The molecule has 0 aromatic carbocycles. The van der Waals surface area contributed by atoms with Crippen molar-refractivity contribution in [1.82, 2.24) is 14.3 Å². The first kappa shape index (κ1) is 13.7. The van der Waals surface area contributed by atoms with Crippen LogP contribution in [0.4, 0.5) is 0 Å². The normalized spacial score (nSPS) is 10.7. The molecule has 1 aromatic rings. The fraction of sp³-hybridized carbons (Fsp3) is 0.750. The first-order valence-electron chi connectivity index (χ1n) is 6.30. The van der Waals surface area contributed by atoms with Gasteiger partial charge in [-0.2, -0.15) is 5.10 Å². The molecule has 96 valence electrons. The number of unbranched alkanes of at least 4 members (excludes halogenated alkanes) is 5. The largest absolute Gasteiger partial charge is 0.347 e. The number of aryl methyl sites for hydroxylation is 1. The van der Waals surface area contributed by atoms with Gasteiger partial charge in [-0.3, -0.25) is 9.36 Å². The van der Waals surface area contributed by atoms with Gasteiger partial charge in [0, 0.05) is 13.6 Å². The Morgan fingerprint density at radius 2 is 1.76 bits per heavy atom. The lowest BCUT2D eigenvalue weighted by molar-refractivity contribution is 0.478. The maximum absolute atomic E-state index is 11.6. The molecule has 1 aromatic heterocycles. The van der Waals surface area contributed by atoms with E-state index >= 15 is 0 Å². The summed E-state index contributed by atoms with van der Waals surface area (Å²) in [6.45, 7) is 2.78. The molecule has 1 heterocycles. The van der Waals surface area contributed by atoms with Crippen LogP contribution < -0.4 is 11.2 Å². The molecule has 17 heavy (non-hydrogen) atoms. The minimum absolute atomic E-state index is 0.328. The summed E-state index contributed by atoms with van der Waals surface area (Å²) in [6.07, 6.45) is 8.21. The molecular weight excluding hydrogens is 218 g/mol. The Kier molecular flexibility index (Phi) is 5.66. The number of hydrogen-bond donors (Lipinski definition) is 0. The fourth-order valence-electron chi connectivity index (χ4n) is 1.72. The Morgan fingerprint density at radius 3 is 2.47 bits per heavy atom. The summed E-state index contributed by atoms with van der Waals surface area (Å²) >= 11 is 0. The molecule has 0 saturated carbocycles. The minimum Gasteiger partial charge on any atom is -0.267 e. The predicted octanol–water partition coefficient (Wildman–Crippen LogP) is 1.30. The van der Waals surface area contributed by atoms with Crippen molar-refractivity contribution < 1.29 is 0 Å². The molecule has 0 spiro atoms. The zero-order valence-corrected chi connectivity index (χ0v) is 10.7. The second kappa shape index (κ2) is 7.04. The summed E-state index contributed by atoms with van der Waals surface area (Å²) < 4.78 is 2.45. The molecule has 0 amide bonds. The number of hydrogen-bond acceptors (Lipinski definition) is 3. The van der Waals surface area contributed by atoms with Gasteiger partial charge in [0.05, 0.1) is 0 Å². The molecule has 0 N–H and O–H groups in total. The van der Waals surface area contributed by atoms with E-state index in [-0.39, 0.29) is 11.2 Å². The molecule has 0 radical (unpaired) electrons. The van der Waals surface area contributed by atoms with E-state index in [1.807, 2.05) is 0 Å². The van der Waals surface area contributed by atoms with E-state index in [1.165, 1.54) is 43.6 Å². The van der Waals surface area contributed by atoms with Crippen LogP contribution in [0.5, 0.6) is 0 Å². The van der Waals surface area contributed by atoms with Crippen molar-refractivity contribution in [3.63, 3.8) is 0 Å². The monoisotopic (exact) mass is 239 g/mol. The molecule has 0 fully saturated rings. The summed E-state index contributed by atoms with van der Waals surface area (Å²) in [5.41, 5.74) is -0.680. The van der Waals surface area contributed by atoms with Crippen molar-refractivity contribution in [3.05, 3.63) is 27.0 Å². The summed E-state index contributed by atoms with van der Waals surface area (Å²) in [5.74, 6) is 0. The van der Waals surface area contributed by atoms with Gasteiger partial charge in [-0.25, -0.2) is 9.48 Å². The lowest BCUT2D eigenvalue weighted by atomic mass is 10.1. The first-order valence-corrected chi connectivity index (χ1v) is 6.30. The third-order valence-electron chi connectivity index (χ3n) is 2.87. The fourth-order valence-corrected chi connectivity index (χ4v) is 1.72. The van der Waals surface area contributed by atoms with Crippen LogP contribution in [0.2, 0.25) is 0 Å². The Balaban J connectivity index is 2.40. The summed E-state index contributed by atoms with van der Waals surface area (Å²) in [5, 5.41) is 3.84. The molecule has 0 unspecified atom stereocenters. The lowest BCUT2D eigenvalue weighted by Crippen LogP contribution is -2.39. The number of rotatable bonds is 7. The Bertz CT molecular complexity index is 448. The standard InChI is InChI=1S/C12H21N3O2/c1-3-4-5-6-7-8-9-15-12(17)14(2)11(16)10-13-15/h10H,3-9H2,1-2H3. The van der Waals surface area contributed by atoms with Crippen LogP contribution in [-0.2, 0) is 13.6 Å². The van der Waals surface area contributed by atoms with E-state index in [1.54, 1.807) is 0 Å². The van der Waals surface area contributed by atoms with Crippen molar-refractivity contribution in [3.8, 4) is 0 Å². The van der Waals surface area contributed by atoms with E-state index in [0.717, 1.165) is 17.4 Å². The van der Waals surface area contributed by atoms with Gasteiger partial charge < -0.3 is 0 Å². The highest BCUT2D eigenvalue weighted by Gasteiger charge is 2.01. The number of nitrogens with zero attached hydrogens (tertiary/aromatic N) is 3. The molecule has 5 heteroatoms. The molecule has 0 aliphatic rings. The zero-order valence-electron chi connectivity index (χ0n) is 10.7. The molecule has 1 rings (SSSR count). The van der Waals surface area contributed by atoms with E-state index in [4.69, 9.17) is 0 Å². The van der Waals surface area contributed by atoms with Crippen LogP contribution >= 0.6 is 0 Å². The van der Waals surface area contributed by atoms with Crippen LogP contribution in [0.25, 0.3) is 0 Å². The van der Waals surface area contributed by atoms with Crippen LogP contribution in [0.3, 0.4) is 0 Å². The third-order valence-corrected chi connectivity index (χ3v) is 2.87. The molecule has 0 aliphatic heterocycles. The van der Waals surface area contributed by atoms with Gasteiger partial charge in [-0.1, -0.05) is 39.0 Å². The van der Waals surface area contributed by atoms with Gasteiger partial charge in [0.1, 0.15) is 6.20 Å². The van der Waals surface area contributed by atoms with Crippen molar-refractivity contribution in [2.24, 2.45) is 7.05 Å². The third kappa shape index (κ3) is 4.17. The smallest absolute Gasteiger partial charge is 0.267 e. The molecule has 0 atom stereocenters. The van der Waals surface area contributed by atoms with Gasteiger partial charge in [0.15, 0.2) is 0 Å². The van der Waals surface area contributed by atoms with Crippen molar-refractivity contribution >= 4 is 0 Å². The average molecular weight is 239 g/mol. The van der Waals surface area contributed by atoms with Crippen LogP contribution in [0.15, 0.2) is 15.8 Å². The quantitative estimate of drug-likeness (QED) is 0.674. The van der Waals surface area contributed by atoms with Crippen molar-refractivity contribution in [2.75, 3.05) is 0 Å². The SMILES string of the molecule is CCCCCCCCn1ncc(=O)n(C)c1=O. The van der Waals surface area contributed by atoms with Gasteiger partial charge in [-0.05, 0) is 6.42 Å². The summed E-state index contributed by atoms with van der Waals surface area (Å²) in [7, 11) is 1.48. The molecular formula is C12H21N3O2. The summed E-state index contributed by atoms with van der Waals surface area (Å²) in [6, 6.07) is 0. The molecule has 0 aliphatic carbocycles. The van der Waals surface area contributed by atoms with Crippen LogP contribution in [-0.4, -0.2) is 14.3 Å². The van der Waals surface area contributed by atoms with Gasteiger partial charge in [0.2, 0.25) is 0 Å². The summed E-state index contributed by atoms with van der Waals surface area (Å²) in [4.78, 5) is 22.7. The molecule has 5 nitrogen and oxygen atoms in total. The van der Waals surface area contributed by atoms with E-state index < -0.39 is 0 Å². The van der Waals surface area contributed by atoms with Crippen LogP contribution in [0, 0.1) is 0 Å². The highest BCUT2D eigenvalue weighted by Crippen LogP contribution is 2.04. The van der Waals surface area contributed by atoms with E-state index in [2.05, 4.69) is 12.0 Å². The lowest BCUT2D eigenvalue weighted by Gasteiger charge is -2.05. The minimum atomic E-state index is -0.353. The number of aromatic nitrogens is 3. The Morgan fingerprint density at radius 1 is 1.12 bits per heavy atom. The van der Waals surface area contributed by atoms with Gasteiger partial charge in [-0.15, -0.1) is 0 Å². The Hall–Kier alpha value is -1.39. The molecule has 0 saturated heterocycles. The highest BCUT2D eigenvalue weighted by atomic mass is 16.2. The Labute approximate surface area is 101 Å². The van der Waals surface area contributed by atoms with Gasteiger partial charge >= 0.3 is 5.69 Å². The van der Waals surface area contributed by atoms with Crippen LogP contribution in [0.1, 0.15) is 45.4 Å². The topological polar surface area (TPSA) is 56.9 Å². The second-order valence-electron chi connectivity index (χ2n) is 4.32. The average Bonchev–Trinajstić information content (AvgIpc) is 2.33. The highest BCUT2D eigenvalue weighted by molar-refractivity contribution is 4.73. The maximum atomic E-state index is 11.6. The zero-order chi connectivity index (χ0) is 12.7.